The number of aromatic nitrogens is 1. The van der Waals surface area contributed by atoms with Crippen LogP contribution in [0.15, 0.2) is 29.3 Å². The van der Waals surface area contributed by atoms with Crippen molar-refractivity contribution in [2.24, 2.45) is 4.99 Å². The van der Waals surface area contributed by atoms with E-state index in [-0.39, 0.29) is 5.88 Å². The van der Waals surface area contributed by atoms with Crippen molar-refractivity contribution in [3.05, 3.63) is 38.7 Å². The van der Waals surface area contributed by atoms with Gasteiger partial charge in [-0.15, -0.1) is 0 Å². The molecule has 2 aromatic rings. The first-order valence-corrected chi connectivity index (χ1v) is 8.44. The van der Waals surface area contributed by atoms with E-state index in [0.29, 0.717) is 33.2 Å². The standard InChI is InChI=1S/C16H18N2O4S2/c1-21-9-5-8-18-14(19)13(24-16(18)23)10-17-12-7-4-3-6-11(12)15(20)22-2/h3-4,6-7,10,19H,5,8-9H2,1-2H3. The van der Waals surface area contributed by atoms with Gasteiger partial charge in [0, 0.05) is 20.3 Å². The Balaban J connectivity index is 2.26. The fraction of sp³-hybridized carbons (Fsp3) is 0.312. The summed E-state index contributed by atoms with van der Waals surface area (Å²) in [7, 11) is 2.95. The average Bonchev–Trinajstić information content (AvgIpc) is 2.87. The molecule has 24 heavy (non-hydrogen) atoms. The number of carbonyl (C=O) groups is 1. The molecule has 0 amide bonds. The largest absolute Gasteiger partial charge is 0.493 e. The summed E-state index contributed by atoms with van der Waals surface area (Å²) >= 11 is 6.53. The maximum absolute atomic E-state index is 11.7. The van der Waals surface area contributed by atoms with Crippen molar-refractivity contribution in [1.82, 2.24) is 4.57 Å². The predicted molar refractivity (Wildman–Crippen MR) is 96.3 cm³/mol. The Kier molecular flexibility index (Phi) is 6.65. The number of aliphatic imine (C=N–C) groups is 1. The Morgan fingerprint density at radius 2 is 2.17 bits per heavy atom. The van der Waals surface area contributed by atoms with Gasteiger partial charge in [-0.2, -0.15) is 0 Å². The maximum Gasteiger partial charge on any atom is 0.340 e. The van der Waals surface area contributed by atoms with Crippen LogP contribution in [0.1, 0.15) is 21.7 Å². The number of thiazole rings is 1. The summed E-state index contributed by atoms with van der Waals surface area (Å²) in [5.74, 6) is -0.392. The van der Waals surface area contributed by atoms with Crippen LogP contribution in [0.3, 0.4) is 0 Å². The molecule has 0 fully saturated rings. The van der Waals surface area contributed by atoms with Crippen LogP contribution in [-0.2, 0) is 16.0 Å². The summed E-state index contributed by atoms with van der Waals surface area (Å²) in [5.41, 5.74) is 0.827. The lowest BCUT2D eigenvalue weighted by Gasteiger charge is -2.04. The van der Waals surface area contributed by atoms with Crippen LogP contribution in [-0.4, -0.2) is 42.7 Å². The fourth-order valence-electron chi connectivity index (χ4n) is 2.06. The molecule has 0 saturated carbocycles. The Bertz CT molecular complexity index is 796. The monoisotopic (exact) mass is 366 g/mol. The molecule has 0 spiro atoms. The second kappa shape index (κ2) is 8.72. The van der Waals surface area contributed by atoms with Crippen molar-refractivity contribution in [3.8, 4) is 5.88 Å². The minimum absolute atomic E-state index is 0.0698. The number of rotatable bonds is 7. The van der Waals surface area contributed by atoms with Crippen LogP contribution in [0.2, 0.25) is 0 Å². The van der Waals surface area contributed by atoms with Gasteiger partial charge >= 0.3 is 5.97 Å². The van der Waals surface area contributed by atoms with Gasteiger partial charge in [-0.05, 0) is 30.8 Å². The van der Waals surface area contributed by atoms with Crippen LogP contribution >= 0.6 is 23.6 Å². The number of methoxy groups -OCH3 is 2. The first-order chi connectivity index (χ1) is 11.6. The number of hydrogen-bond donors (Lipinski definition) is 1. The maximum atomic E-state index is 11.7. The van der Waals surface area contributed by atoms with E-state index in [4.69, 9.17) is 21.7 Å². The van der Waals surface area contributed by atoms with E-state index in [2.05, 4.69) is 4.99 Å². The normalized spacial score (nSPS) is 11.1. The van der Waals surface area contributed by atoms with E-state index in [1.54, 1.807) is 35.9 Å². The molecule has 0 radical (unpaired) electrons. The fourth-order valence-corrected chi connectivity index (χ4v) is 3.29. The van der Waals surface area contributed by atoms with Gasteiger partial charge in [0.05, 0.1) is 24.6 Å². The molecule has 1 heterocycles. The molecule has 0 atom stereocenters. The molecule has 0 bridgehead atoms. The third kappa shape index (κ3) is 4.28. The number of aromatic hydroxyl groups is 1. The SMILES string of the molecule is COCCCn1c(O)c(C=Nc2ccccc2C(=O)OC)sc1=S. The summed E-state index contributed by atoms with van der Waals surface area (Å²) in [6.07, 6.45) is 2.25. The average molecular weight is 366 g/mol. The third-order valence-electron chi connectivity index (χ3n) is 3.25. The first kappa shape index (κ1) is 18.3. The Hall–Kier alpha value is -2.03. The van der Waals surface area contributed by atoms with Crippen molar-refractivity contribution in [1.29, 1.82) is 0 Å². The van der Waals surface area contributed by atoms with Gasteiger partial charge in [0.2, 0.25) is 5.88 Å². The molecule has 0 aliphatic heterocycles. The lowest BCUT2D eigenvalue weighted by atomic mass is 10.2. The van der Waals surface area contributed by atoms with Crippen molar-refractivity contribution in [3.63, 3.8) is 0 Å². The summed E-state index contributed by atoms with van der Waals surface area (Å²) in [5, 5.41) is 10.3. The topological polar surface area (TPSA) is 73.0 Å². The lowest BCUT2D eigenvalue weighted by molar-refractivity contribution is 0.0601. The first-order valence-electron chi connectivity index (χ1n) is 7.21. The van der Waals surface area contributed by atoms with Crippen molar-refractivity contribution >= 4 is 41.4 Å². The number of nitrogens with zero attached hydrogens (tertiary/aromatic N) is 2. The van der Waals surface area contributed by atoms with Crippen molar-refractivity contribution in [2.45, 2.75) is 13.0 Å². The van der Waals surface area contributed by atoms with Crippen molar-refractivity contribution < 1.29 is 19.4 Å². The molecule has 1 aromatic carbocycles. The Labute approximate surface area is 149 Å². The van der Waals surface area contributed by atoms with Gasteiger partial charge in [0.1, 0.15) is 4.88 Å². The summed E-state index contributed by atoms with van der Waals surface area (Å²) < 4.78 is 12.0. The van der Waals surface area contributed by atoms with Gasteiger partial charge in [-0.1, -0.05) is 23.5 Å². The zero-order valence-corrected chi connectivity index (χ0v) is 15.0. The Morgan fingerprint density at radius 3 is 2.88 bits per heavy atom. The van der Waals surface area contributed by atoms with Crippen molar-refractivity contribution in [2.75, 3.05) is 20.8 Å². The molecule has 1 N–H and O–H groups in total. The molecular weight excluding hydrogens is 348 g/mol. The second-order valence-corrected chi connectivity index (χ2v) is 6.50. The minimum Gasteiger partial charge on any atom is -0.493 e. The highest BCUT2D eigenvalue weighted by Gasteiger charge is 2.12. The van der Waals surface area contributed by atoms with E-state index in [1.807, 2.05) is 0 Å². The molecule has 0 aliphatic carbocycles. The van der Waals surface area contributed by atoms with Crippen LogP contribution in [0.4, 0.5) is 5.69 Å². The molecule has 8 heteroatoms. The van der Waals surface area contributed by atoms with Crippen LogP contribution in [0.5, 0.6) is 5.88 Å². The van der Waals surface area contributed by atoms with Crippen LogP contribution in [0.25, 0.3) is 0 Å². The van der Waals surface area contributed by atoms with Gasteiger partial charge in [0.25, 0.3) is 0 Å². The number of para-hydroxylation sites is 1. The third-order valence-corrected chi connectivity index (χ3v) is 4.63. The van der Waals surface area contributed by atoms with Gasteiger partial charge in [-0.25, -0.2) is 4.79 Å². The smallest absolute Gasteiger partial charge is 0.340 e. The van der Waals surface area contributed by atoms with E-state index in [0.717, 1.165) is 6.42 Å². The van der Waals surface area contributed by atoms with E-state index >= 15 is 0 Å². The highest BCUT2D eigenvalue weighted by Crippen LogP contribution is 2.26. The summed E-state index contributed by atoms with van der Waals surface area (Å²) in [6.45, 7) is 1.16. The molecule has 128 valence electrons. The van der Waals surface area contributed by atoms with E-state index < -0.39 is 5.97 Å². The molecule has 6 nitrogen and oxygen atoms in total. The van der Waals surface area contributed by atoms with Gasteiger partial charge < -0.3 is 14.6 Å². The highest BCUT2D eigenvalue weighted by atomic mass is 32.1. The number of ether oxygens (including phenoxy) is 2. The molecule has 1 aromatic heterocycles. The quantitative estimate of drug-likeness (QED) is 0.351. The second-order valence-electron chi connectivity index (χ2n) is 4.82. The Morgan fingerprint density at radius 1 is 1.42 bits per heavy atom. The zero-order chi connectivity index (χ0) is 17.5. The predicted octanol–water partition coefficient (Wildman–Crippen LogP) is 3.56. The lowest BCUT2D eigenvalue weighted by Crippen LogP contribution is -2.01. The number of benzene rings is 1. The van der Waals surface area contributed by atoms with E-state index in [1.165, 1.54) is 24.7 Å². The van der Waals surface area contributed by atoms with Gasteiger partial charge in [0.15, 0.2) is 3.95 Å². The summed E-state index contributed by atoms with van der Waals surface area (Å²) in [4.78, 5) is 16.6. The van der Waals surface area contributed by atoms with Crippen LogP contribution in [0, 0.1) is 3.95 Å². The number of carbonyl (C=O) groups excluding carboxylic acids is 1. The number of esters is 1. The molecule has 0 saturated heterocycles. The molecule has 2 rings (SSSR count). The highest BCUT2D eigenvalue weighted by molar-refractivity contribution is 7.73. The molecular formula is C16H18N2O4S2. The minimum atomic E-state index is -0.461. The van der Waals surface area contributed by atoms with Gasteiger partial charge in [-0.3, -0.25) is 9.56 Å². The molecule has 0 aliphatic rings. The van der Waals surface area contributed by atoms with Crippen LogP contribution < -0.4 is 0 Å². The summed E-state index contributed by atoms with van der Waals surface area (Å²) in [6, 6.07) is 6.85. The molecule has 0 unspecified atom stereocenters. The number of hydrogen-bond acceptors (Lipinski definition) is 7. The van der Waals surface area contributed by atoms with E-state index in [9.17, 15) is 9.90 Å². The zero-order valence-electron chi connectivity index (χ0n) is 13.4.